The van der Waals surface area contributed by atoms with Crippen molar-refractivity contribution in [3.05, 3.63) is 82.6 Å². The maximum absolute atomic E-state index is 14.6. The van der Waals surface area contributed by atoms with Crippen molar-refractivity contribution in [2.45, 2.75) is 130 Å². The molecule has 1 fully saturated rings. The molecule has 1 aliphatic rings. The van der Waals surface area contributed by atoms with Crippen molar-refractivity contribution < 1.29 is 28.7 Å². The van der Waals surface area contributed by atoms with Gasteiger partial charge < -0.3 is 29.9 Å². The highest BCUT2D eigenvalue weighted by Gasteiger charge is 2.43. The molecule has 61 heavy (non-hydrogen) atoms. The van der Waals surface area contributed by atoms with E-state index in [1.807, 2.05) is 99.3 Å². The largest absolute Gasteiger partial charge is 0.379 e. The molecule has 1 saturated heterocycles. The average molecular weight is 862 g/mol. The molecule has 0 unspecified atom stereocenters. The van der Waals surface area contributed by atoms with Crippen LogP contribution in [-0.2, 0) is 41.6 Å². The van der Waals surface area contributed by atoms with Gasteiger partial charge in [0.15, 0.2) is 0 Å². The van der Waals surface area contributed by atoms with Crippen LogP contribution in [0, 0.1) is 23.7 Å². The Balaban J connectivity index is 1.48. The SMILES string of the molecule is CC[C@H](C)[C@@H]([C@H](CC(=O)N1CCC[C@H]1[C@H](OC)[C@@H](C)C(=O)N[C@@H](Cc1ccccc1)c1nccs1)OC)N(C)C(=O)[C@@H](NC(=O)[C@H](C(C)C)N(C)Cc1ccncc1)C(C)C. The van der Waals surface area contributed by atoms with E-state index in [4.69, 9.17) is 9.47 Å². The molecule has 0 spiro atoms. The molecule has 0 saturated carbocycles. The molecule has 4 rings (SSSR count). The first-order valence-electron chi connectivity index (χ1n) is 21.9. The molecule has 14 heteroatoms. The Labute approximate surface area is 368 Å². The van der Waals surface area contributed by atoms with Gasteiger partial charge in [0, 0.05) is 58.3 Å². The van der Waals surface area contributed by atoms with Gasteiger partial charge in [0.2, 0.25) is 23.6 Å². The lowest BCUT2D eigenvalue weighted by Gasteiger charge is -2.41. The number of hydrogen-bond donors (Lipinski definition) is 2. The van der Waals surface area contributed by atoms with E-state index < -0.39 is 36.3 Å². The molecule has 13 nitrogen and oxygen atoms in total. The molecular formula is C47H71N7O6S. The number of nitrogens with one attached hydrogen (secondary N) is 2. The third kappa shape index (κ3) is 13.1. The van der Waals surface area contributed by atoms with Crippen LogP contribution >= 0.6 is 11.3 Å². The number of rotatable bonds is 23. The molecule has 2 N–H and O–H groups in total. The topological polar surface area (TPSA) is 146 Å². The number of nitrogens with zero attached hydrogens (tertiary/aromatic N) is 5. The maximum Gasteiger partial charge on any atom is 0.245 e. The van der Waals surface area contributed by atoms with E-state index >= 15 is 0 Å². The minimum absolute atomic E-state index is 0.0196. The van der Waals surface area contributed by atoms with Gasteiger partial charge in [0.25, 0.3) is 0 Å². The standard InChI is InChI=1S/C47H71N7O6S/c1-12-32(6)42(53(9)47(58)40(30(2)3)51-45(57)41(31(4)5)52(8)29-35-20-22-48-23-21-35)38(59-10)28-39(55)54-25-16-19-37(54)43(60-11)33(7)44(56)50-36(46-49-24-26-61-46)27-34-17-14-13-15-18-34/h13-15,17-18,20-24,26,30-33,36-38,40-43H,12,16,19,25,27-29H2,1-11H3,(H,50,56)(H,51,57)/t32-,33+,36-,37-,38-,40-,41-,42-,43+/m0/s1. The van der Waals surface area contributed by atoms with Gasteiger partial charge in [-0.05, 0) is 67.3 Å². The number of hydrogen-bond acceptors (Lipinski definition) is 10. The van der Waals surface area contributed by atoms with Crippen LogP contribution in [0.2, 0.25) is 0 Å². The second-order valence-electron chi connectivity index (χ2n) is 17.4. The summed E-state index contributed by atoms with van der Waals surface area (Å²) in [6.07, 6.45) is 6.87. The zero-order chi connectivity index (χ0) is 44.8. The Morgan fingerprint density at radius 2 is 1.57 bits per heavy atom. The molecule has 0 radical (unpaired) electrons. The summed E-state index contributed by atoms with van der Waals surface area (Å²) in [5.41, 5.74) is 2.13. The number of ether oxygens (including phenoxy) is 2. The fraction of sp³-hybridized carbons (Fsp3) is 0.617. The van der Waals surface area contributed by atoms with Crippen molar-refractivity contribution in [2.75, 3.05) is 34.9 Å². The summed E-state index contributed by atoms with van der Waals surface area (Å²) < 4.78 is 12.2. The first kappa shape index (κ1) is 49.4. The van der Waals surface area contributed by atoms with Crippen LogP contribution in [0.3, 0.4) is 0 Å². The molecule has 3 heterocycles. The van der Waals surface area contributed by atoms with Gasteiger partial charge >= 0.3 is 0 Å². The van der Waals surface area contributed by atoms with Gasteiger partial charge in [-0.2, -0.15) is 0 Å². The van der Waals surface area contributed by atoms with Crippen molar-refractivity contribution >= 4 is 35.0 Å². The third-order valence-electron chi connectivity index (χ3n) is 12.4. The van der Waals surface area contributed by atoms with Crippen LogP contribution in [0.25, 0.3) is 0 Å². The predicted molar refractivity (Wildman–Crippen MR) is 240 cm³/mol. The first-order chi connectivity index (χ1) is 29.1. The molecule has 2 aromatic heterocycles. The Hall–Kier alpha value is -4.24. The van der Waals surface area contributed by atoms with Crippen LogP contribution in [0.1, 0.15) is 96.3 Å². The summed E-state index contributed by atoms with van der Waals surface area (Å²) in [6, 6.07) is 11.5. The fourth-order valence-corrected chi connectivity index (χ4v) is 9.61. The van der Waals surface area contributed by atoms with Crippen molar-refractivity contribution in [3.8, 4) is 0 Å². The van der Waals surface area contributed by atoms with E-state index in [-0.39, 0.29) is 59.9 Å². The Morgan fingerprint density at radius 1 is 0.885 bits per heavy atom. The molecule has 9 atom stereocenters. The van der Waals surface area contributed by atoms with Gasteiger partial charge in [0.05, 0.1) is 48.7 Å². The van der Waals surface area contributed by atoms with Crippen LogP contribution in [0.5, 0.6) is 0 Å². The van der Waals surface area contributed by atoms with Gasteiger partial charge in [0.1, 0.15) is 11.0 Å². The minimum atomic E-state index is -0.797. The fourth-order valence-electron chi connectivity index (χ4n) is 8.92. The summed E-state index contributed by atoms with van der Waals surface area (Å²) in [5.74, 6) is -1.55. The van der Waals surface area contributed by atoms with Crippen LogP contribution < -0.4 is 10.6 Å². The maximum atomic E-state index is 14.6. The van der Waals surface area contributed by atoms with Crippen LogP contribution in [0.15, 0.2) is 66.4 Å². The van der Waals surface area contributed by atoms with Crippen molar-refractivity contribution in [2.24, 2.45) is 23.7 Å². The number of methoxy groups -OCH3 is 2. The Kier molecular flexibility index (Phi) is 19.3. The number of aromatic nitrogens is 2. The molecule has 0 aliphatic carbocycles. The molecular weight excluding hydrogens is 791 g/mol. The molecule has 1 aliphatic heterocycles. The predicted octanol–water partition coefficient (Wildman–Crippen LogP) is 6.16. The molecule has 1 aromatic carbocycles. The molecule has 336 valence electrons. The van der Waals surface area contributed by atoms with Crippen molar-refractivity contribution in [3.63, 3.8) is 0 Å². The summed E-state index contributed by atoms with van der Waals surface area (Å²) >= 11 is 1.50. The van der Waals surface area contributed by atoms with Crippen LogP contribution in [0.4, 0.5) is 0 Å². The average Bonchev–Trinajstić information content (AvgIpc) is 3.96. The number of thiazole rings is 1. The quantitative estimate of drug-likeness (QED) is 0.115. The van der Waals surface area contributed by atoms with E-state index in [0.29, 0.717) is 25.9 Å². The molecule has 3 aromatic rings. The number of pyridine rings is 1. The summed E-state index contributed by atoms with van der Waals surface area (Å²) in [6.45, 7) is 14.9. The first-order valence-corrected chi connectivity index (χ1v) is 22.8. The van der Waals surface area contributed by atoms with E-state index in [1.165, 1.54) is 11.3 Å². The number of benzene rings is 1. The van der Waals surface area contributed by atoms with Crippen molar-refractivity contribution in [1.29, 1.82) is 0 Å². The monoisotopic (exact) mass is 862 g/mol. The normalized spacial score (nSPS) is 18.3. The third-order valence-corrected chi connectivity index (χ3v) is 13.3. The van der Waals surface area contributed by atoms with Crippen LogP contribution in [-0.4, -0.2) is 120 Å². The highest BCUT2D eigenvalue weighted by molar-refractivity contribution is 7.09. The molecule has 4 amide bonds. The lowest BCUT2D eigenvalue weighted by molar-refractivity contribution is -0.148. The van der Waals surface area contributed by atoms with E-state index in [2.05, 4.69) is 34.4 Å². The number of amides is 4. The van der Waals surface area contributed by atoms with Gasteiger partial charge in [-0.15, -0.1) is 11.3 Å². The second kappa shape index (κ2) is 23.8. The summed E-state index contributed by atoms with van der Waals surface area (Å²) in [4.78, 5) is 71.1. The lowest BCUT2D eigenvalue weighted by atomic mass is 9.89. The Morgan fingerprint density at radius 3 is 2.15 bits per heavy atom. The number of carbonyl (C=O) groups excluding carboxylic acids is 4. The summed E-state index contributed by atoms with van der Waals surface area (Å²) in [5, 5.41) is 9.10. The van der Waals surface area contributed by atoms with Crippen molar-refractivity contribution in [1.82, 2.24) is 35.3 Å². The smallest absolute Gasteiger partial charge is 0.245 e. The highest BCUT2D eigenvalue weighted by atomic mass is 32.1. The number of likely N-dealkylation sites (tertiary alicyclic amines) is 1. The van der Waals surface area contributed by atoms with E-state index in [1.54, 1.807) is 44.8 Å². The van der Waals surface area contributed by atoms with Gasteiger partial charge in [-0.3, -0.25) is 29.1 Å². The summed E-state index contributed by atoms with van der Waals surface area (Å²) in [7, 11) is 6.86. The minimum Gasteiger partial charge on any atom is -0.379 e. The lowest BCUT2D eigenvalue weighted by Crippen LogP contribution is -2.60. The second-order valence-corrected chi connectivity index (χ2v) is 18.3. The molecule has 0 bridgehead atoms. The number of likely N-dealkylation sites (N-methyl/N-ethyl adjacent to an activating group) is 2. The van der Waals surface area contributed by atoms with E-state index in [9.17, 15) is 19.2 Å². The highest BCUT2D eigenvalue weighted by Crippen LogP contribution is 2.31. The van der Waals surface area contributed by atoms with Gasteiger partial charge in [-0.25, -0.2) is 4.98 Å². The zero-order valence-electron chi connectivity index (χ0n) is 38.2. The Bertz CT molecular complexity index is 1800. The van der Waals surface area contributed by atoms with Gasteiger partial charge in [-0.1, -0.05) is 85.2 Å². The van der Waals surface area contributed by atoms with E-state index in [0.717, 1.165) is 29.0 Å². The zero-order valence-corrected chi connectivity index (χ0v) is 39.1. The number of carbonyl (C=O) groups is 4.